The summed E-state index contributed by atoms with van der Waals surface area (Å²) >= 11 is 3.37. The molecule has 7 heteroatoms. The number of halogens is 1. The summed E-state index contributed by atoms with van der Waals surface area (Å²) in [6.07, 6.45) is 2.70. The van der Waals surface area contributed by atoms with Crippen molar-refractivity contribution in [2.24, 2.45) is 0 Å². The summed E-state index contributed by atoms with van der Waals surface area (Å²) in [5, 5.41) is 6.67. The number of esters is 1. The van der Waals surface area contributed by atoms with Gasteiger partial charge in [-0.05, 0) is 53.0 Å². The summed E-state index contributed by atoms with van der Waals surface area (Å²) in [5.41, 5.74) is 3.28. The van der Waals surface area contributed by atoms with Crippen molar-refractivity contribution < 1.29 is 9.53 Å². The summed E-state index contributed by atoms with van der Waals surface area (Å²) in [6, 6.07) is 15.8. The largest absolute Gasteiger partial charge is 0.465 e. The molecule has 3 aromatic rings. The second kappa shape index (κ2) is 9.52. The molecule has 29 heavy (non-hydrogen) atoms. The Kier molecular flexibility index (Phi) is 6.82. The lowest BCUT2D eigenvalue weighted by Crippen LogP contribution is -2.13. The van der Waals surface area contributed by atoms with E-state index < -0.39 is 5.97 Å². The Morgan fingerprint density at radius 3 is 2.66 bits per heavy atom. The third-order valence-corrected chi connectivity index (χ3v) is 5.21. The molecule has 0 saturated heterocycles. The van der Waals surface area contributed by atoms with Crippen LogP contribution in [0, 0.1) is 6.92 Å². The molecule has 1 atom stereocenters. The molecule has 0 radical (unpaired) electrons. The predicted molar refractivity (Wildman–Crippen MR) is 119 cm³/mol. The van der Waals surface area contributed by atoms with Crippen molar-refractivity contribution in [3.63, 3.8) is 0 Å². The first-order valence-corrected chi connectivity index (χ1v) is 10.1. The second-order valence-corrected chi connectivity index (χ2v) is 7.41. The average molecular weight is 455 g/mol. The molecule has 2 aromatic carbocycles. The first kappa shape index (κ1) is 20.8. The Morgan fingerprint density at radius 2 is 1.97 bits per heavy atom. The molecule has 6 nitrogen and oxygen atoms in total. The van der Waals surface area contributed by atoms with Crippen LogP contribution in [0.15, 0.2) is 59.2 Å². The van der Waals surface area contributed by atoms with Gasteiger partial charge in [-0.15, -0.1) is 0 Å². The van der Waals surface area contributed by atoms with Gasteiger partial charge in [0.2, 0.25) is 5.95 Å². The van der Waals surface area contributed by atoms with Crippen molar-refractivity contribution >= 4 is 39.4 Å². The molecule has 0 aliphatic rings. The molecule has 0 bridgehead atoms. The highest BCUT2D eigenvalue weighted by molar-refractivity contribution is 9.10. The normalized spacial score (nSPS) is 11.6. The first-order chi connectivity index (χ1) is 14.0. The highest BCUT2D eigenvalue weighted by atomic mass is 79.9. The van der Waals surface area contributed by atoms with Gasteiger partial charge in [-0.25, -0.2) is 9.78 Å². The number of anilines is 3. The SMILES string of the molecule is CCC(Nc1nc(Nc2ccc(Br)c(C(=O)OC)c2)ncc1C)c1ccccc1. The number of aryl methyl sites for hydroxylation is 1. The zero-order valence-electron chi connectivity index (χ0n) is 16.6. The number of benzene rings is 2. The quantitative estimate of drug-likeness (QED) is 0.449. The Labute approximate surface area is 178 Å². The zero-order chi connectivity index (χ0) is 20.8. The fraction of sp³-hybridized carbons (Fsp3) is 0.227. The van der Waals surface area contributed by atoms with E-state index >= 15 is 0 Å². The van der Waals surface area contributed by atoms with Gasteiger partial charge in [0.1, 0.15) is 5.82 Å². The minimum atomic E-state index is -0.415. The van der Waals surface area contributed by atoms with E-state index in [0.29, 0.717) is 21.7 Å². The summed E-state index contributed by atoms with van der Waals surface area (Å²) < 4.78 is 5.48. The van der Waals surface area contributed by atoms with Crippen LogP contribution in [0.4, 0.5) is 17.5 Å². The standard InChI is InChI=1S/C22H23BrN4O2/c1-4-19(15-8-6-5-7-9-15)26-20-14(2)13-24-22(27-20)25-16-10-11-18(23)17(12-16)21(28)29-3/h5-13,19H,4H2,1-3H3,(H2,24,25,26,27). The van der Waals surface area contributed by atoms with Crippen LogP contribution in [-0.2, 0) is 4.74 Å². The Balaban J connectivity index is 1.83. The molecule has 0 aliphatic heterocycles. The van der Waals surface area contributed by atoms with Crippen LogP contribution >= 0.6 is 15.9 Å². The van der Waals surface area contributed by atoms with Crippen LogP contribution in [0.3, 0.4) is 0 Å². The van der Waals surface area contributed by atoms with Gasteiger partial charge in [0.15, 0.2) is 0 Å². The summed E-state index contributed by atoms with van der Waals surface area (Å²) in [7, 11) is 1.35. The molecular formula is C22H23BrN4O2. The minimum absolute atomic E-state index is 0.149. The molecule has 3 rings (SSSR count). The summed E-state index contributed by atoms with van der Waals surface area (Å²) in [5.74, 6) is 0.795. The Hall–Kier alpha value is -2.93. The number of rotatable bonds is 7. The number of nitrogens with one attached hydrogen (secondary N) is 2. The number of methoxy groups -OCH3 is 1. The van der Waals surface area contributed by atoms with E-state index in [0.717, 1.165) is 17.8 Å². The fourth-order valence-corrected chi connectivity index (χ4v) is 3.33. The number of carbonyl (C=O) groups is 1. The lowest BCUT2D eigenvalue weighted by molar-refractivity contribution is 0.0599. The second-order valence-electron chi connectivity index (χ2n) is 6.55. The van der Waals surface area contributed by atoms with Crippen LogP contribution in [-0.4, -0.2) is 23.0 Å². The van der Waals surface area contributed by atoms with E-state index in [2.05, 4.69) is 55.6 Å². The average Bonchev–Trinajstić information content (AvgIpc) is 2.75. The van der Waals surface area contributed by atoms with Crippen LogP contribution in [0.5, 0.6) is 0 Å². The molecular weight excluding hydrogens is 432 g/mol. The molecule has 0 spiro atoms. The Morgan fingerprint density at radius 1 is 1.21 bits per heavy atom. The van der Waals surface area contributed by atoms with E-state index in [1.165, 1.54) is 12.7 Å². The number of ether oxygens (including phenoxy) is 1. The molecule has 0 aliphatic carbocycles. The highest BCUT2D eigenvalue weighted by Gasteiger charge is 2.14. The van der Waals surface area contributed by atoms with Crippen LogP contribution in [0.25, 0.3) is 0 Å². The van der Waals surface area contributed by atoms with Crippen molar-refractivity contribution in [2.75, 3.05) is 17.7 Å². The van der Waals surface area contributed by atoms with Gasteiger partial charge in [0, 0.05) is 21.9 Å². The zero-order valence-corrected chi connectivity index (χ0v) is 18.2. The van der Waals surface area contributed by atoms with E-state index in [9.17, 15) is 4.79 Å². The topological polar surface area (TPSA) is 76.1 Å². The number of hydrogen-bond acceptors (Lipinski definition) is 6. The summed E-state index contributed by atoms with van der Waals surface area (Å²) in [6.45, 7) is 4.11. The van der Waals surface area contributed by atoms with E-state index in [1.807, 2.05) is 31.2 Å². The number of nitrogens with zero attached hydrogens (tertiary/aromatic N) is 2. The lowest BCUT2D eigenvalue weighted by atomic mass is 10.0. The smallest absolute Gasteiger partial charge is 0.339 e. The minimum Gasteiger partial charge on any atom is -0.465 e. The molecule has 150 valence electrons. The van der Waals surface area contributed by atoms with Crippen molar-refractivity contribution in [3.8, 4) is 0 Å². The molecule has 2 N–H and O–H groups in total. The number of aromatic nitrogens is 2. The highest BCUT2D eigenvalue weighted by Crippen LogP contribution is 2.26. The number of hydrogen-bond donors (Lipinski definition) is 2. The molecule has 1 aromatic heterocycles. The van der Waals surface area contributed by atoms with E-state index in [4.69, 9.17) is 4.74 Å². The molecule has 0 fully saturated rings. The van der Waals surface area contributed by atoms with E-state index in [1.54, 1.807) is 18.3 Å². The van der Waals surface area contributed by atoms with Gasteiger partial charge in [-0.3, -0.25) is 0 Å². The van der Waals surface area contributed by atoms with Gasteiger partial charge < -0.3 is 15.4 Å². The monoisotopic (exact) mass is 454 g/mol. The molecule has 0 saturated carbocycles. The third-order valence-electron chi connectivity index (χ3n) is 4.52. The fourth-order valence-electron chi connectivity index (χ4n) is 2.92. The van der Waals surface area contributed by atoms with Gasteiger partial charge in [-0.1, -0.05) is 37.3 Å². The predicted octanol–water partition coefficient (Wildman–Crippen LogP) is 5.64. The van der Waals surface area contributed by atoms with Crippen LogP contribution in [0.1, 0.15) is 40.9 Å². The van der Waals surface area contributed by atoms with Crippen molar-refractivity contribution in [3.05, 3.63) is 75.9 Å². The number of carbonyl (C=O) groups excluding carboxylic acids is 1. The van der Waals surface area contributed by atoms with Crippen molar-refractivity contribution in [1.82, 2.24) is 9.97 Å². The molecule has 0 amide bonds. The maximum atomic E-state index is 11.9. The molecule has 1 unspecified atom stereocenters. The van der Waals surface area contributed by atoms with Crippen molar-refractivity contribution in [2.45, 2.75) is 26.3 Å². The summed E-state index contributed by atoms with van der Waals surface area (Å²) in [4.78, 5) is 20.9. The third kappa shape index (κ3) is 5.12. The van der Waals surface area contributed by atoms with Gasteiger partial charge in [0.05, 0.1) is 18.7 Å². The van der Waals surface area contributed by atoms with Gasteiger partial charge in [-0.2, -0.15) is 4.98 Å². The molecule has 1 heterocycles. The Bertz CT molecular complexity index is 995. The van der Waals surface area contributed by atoms with Gasteiger partial charge >= 0.3 is 5.97 Å². The maximum Gasteiger partial charge on any atom is 0.339 e. The van der Waals surface area contributed by atoms with Gasteiger partial charge in [0.25, 0.3) is 0 Å². The lowest BCUT2D eigenvalue weighted by Gasteiger charge is -2.20. The first-order valence-electron chi connectivity index (χ1n) is 9.31. The van der Waals surface area contributed by atoms with E-state index in [-0.39, 0.29) is 6.04 Å². The van der Waals surface area contributed by atoms with Crippen LogP contribution in [0.2, 0.25) is 0 Å². The maximum absolute atomic E-state index is 11.9. The van der Waals surface area contributed by atoms with Crippen molar-refractivity contribution in [1.29, 1.82) is 0 Å². The van der Waals surface area contributed by atoms with Crippen LogP contribution < -0.4 is 10.6 Å².